The minimum absolute atomic E-state index is 0.236. The Morgan fingerprint density at radius 2 is 2.35 bits per heavy atom. The van der Waals surface area contributed by atoms with Crippen LogP contribution in [0.15, 0.2) is 18.2 Å². The summed E-state index contributed by atoms with van der Waals surface area (Å²) in [5.41, 5.74) is 0.291. The highest BCUT2D eigenvalue weighted by molar-refractivity contribution is 5.82. The molecule has 1 saturated heterocycles. The largest absolute Gasteiger partial charge is 0.378 e. The average molecular weight is 284 g/mol. The summed E-state index contributed by atoms with van der Waals surface area (Å²) in [7, 11) is 0. The number of halogens is 2. The average Bonchev–Trinajstić information content (AvgIpc) is 2.46. The Labute approximate surface area is 116 Å². The van der Waals surface area contributed by atoms with E-state index in [4.69, 9.17) is 4.74 Å². The van der Waals surface area contributed by atoms with E-state index in [1.807, 2.05) is 6.92 Å². The summed E-state index contributed by atoms with van der Waals surface area (Å²) in [5.74, 6) is -1.51. The fourth-order valence-electron chi connectivity index (χ4n) is 2.19. The molecule has 6 heteroatoms. The van der Waals surface area contributed by atoms with E-state index in [0.717, 1.165) is 6.07 Å². The molecular weight excluding hydrogens is 266 g/mol. The maximum atomic E-state index is 13.7. The van der Waals surface area contributed by atoms with Crippen LogP contribution < -0.4 is 10.6 Å². The first-order valence-corrected chi connectivity index (χ1v) is 6.68. The summed E-state index contributed by atoms with van der Waals surface area (Å²) in [6.07, 6.45) is 0.516. The first-order chi connectivity index (χ1) is 9.61. The SMILES string of the molecule is CCC(NC(=O)C1COCCN1)c1ccc(F)cc1F. The number of carbonyl (C=O) groups excluding carboxylic acids is 1. The molecule has 1 fully saturated rings. The number of nitrogens with one attached hydrogen (secondary N) is 2. The van der Waals surface area contributed by atoms with E-state index in [9.17, 15) is 13.6 Å². The van der Waals surface area contributed by atoms with Crippen LogP contribution in [0, 0.1) is 11.6 Å². The maximum absolute atomic E-state index is 13.7. The van der Waals surface area contributed by atoms with Gasteiger partial charge in [0.25, 0.3) is 0 Å². The Morgan fingerprint density at radius 3 is 2.95 bits per heavy atom. The van der Waals surface area contributed by atoms with Gasteiger partial charge in [0.05, 0.1) is 19.3 Å². The fraction of sp³-hybridized carbons (Fsp3) is 0.500. The number of amides is 1. The lowest BCUT2D eigenvalue weighted by atomic mass is 10.0. The van der Waals surface area contributed by atoms with Crippen LogP contribution in [-0.4, -0.2) is 31.7 Å². The Kier molecular flexibility index (Phi) is 5.03. The van der Waals surface area contributed by atoms with Crippen LogP contribution in [0.5, 0.6) is 0 Å². The van der Waals surface area contributed by atoms with Gasteiger partial charge in [-0.1, -0.05) is 13.0 Å². The molecule has 1 heterocycles. The van der Waals surface area contributed by atoms with E-state index in [2.05, 4.69) is 10.6 Å². The van der Waals surface area contributed by atoms with Gasteiger partial charge in [-0.05, 0) is 12.5 Å². The van der Waals surface area contributed by atoms with E-state index in [0.29, 0.717) is 31.7 Å². The molecule has 1 aliphatic heterocycles. The minimum Gasteiger partial charge on any atom is -0.378 e. The Hall–Kier alpha value is -1.53. The Morgan fingerprint density at radius 1 is 1.55 bits per heavy atom. The number of hydrogen-bond acceptors (Lipinski definition) is 3. The molecule has 1 amide bonds. The minimum atomic E-state index is -0.648. The van der Waals surface area contributed by atoms with Crippen molar-refractivity contribution in [2.75, 3.05) is 19.8 Å². The predicted molar refractivity (Wildman–Crippen MR) is 70.1 cm³/mol. The summed E-state index contributed by atoms with van der Waals surface area (Å²) >= 11 is 0. The zero-order valence-electron chi connectivity index (χ0n) is 11.3. The molecule has 1 aromatic carbocycles. The van der Waals surface area contributed by atoms with Crippen LogP contribution in [0.4, 0.5) is 8.78 Å². The number of morpholine rings is 1. The predicted octanol–water partition coefficient (Wildman–Crippen LogP) is 1.52. The second-order valence-electron chi connectivity index (χ2n) is 4.72. The molecule has 1 aromatic rings. The van der Waals surface area contributed by atoms with Gasteiger partial charge in [-0.25, -0.2) is 8.78 Å². The number of hydrogen-bond donors (Lipinski definition) is 2. The number of rotatable bonds is 4. The zero-order valence-corrected chi connectivity index (χ0v) is 11.3. The van der Waals surface area contributed by atoms with Crippen molar-refractivity contribution in [2.24, 2.45) is 0 Å². The first kappa shape index (κ1) is 14.9. The van der Waals surface area contributed by atoms with Gasteiger partial charge in [0.15, 0.2) is 0 Å². The molecule has 2 unspecified atom stereocenters. The summed E-state index contributed by atoms with van der Waals surface area (Å²) in [6, 6.07) is 2.47. The molecule has 2 atom stereocenters. The zero-order chi connectivity index (χ0) is 14.5. The van der Waals surface area contributed by atoms with E-state index in [-0.39, 0.29) is 5.91 Å². The standard InChI is InChI=1S/C14H18F2N2O2/c1-2-12(10-4-3-9(15)7-11(10)16)18-14(19)13-8-20-6-5-17-13/h3-4,7,12-13,17H,2,5-6,8H2,1H3,(H,18,19). The van der Waals surface area contributed by atoms with Crippen molar-refractivity contribution in [3.8, 4) is 0 Å². The van der Waals surface area contributed by atoms with Crippen molar-refractivity contribution in [1.82, 2.24) is 10.6 Å². The highest BCUT2D eigenvalue weighted by atomic mass is 19.1. The van der Waals surface area contributed by atoms with Crippen LogP contribution in [0.1, 0.15) is 24.9 Å². The highest BCUT2D eigenvalue weighted by Crippen LogP contribution is 2.21. The van der Waals surface area contributed by atoms with Crippen LogP contribution in [-0.2, 0) is 9.53 Å². The van der Waals surface area contributed by atoms with Gasteiger partial charge in [-0.2, -0.15) is 0 Å². The summed E-state index contributed by atoms with van der Waals surface area (Å²) < 4.78 is 31.9. The molecule has 0 aromatic heterocycles. The number of ether oxygens (including phenoxy) is 1. The molecule has 0 saturated carbocycles. The van der Waals surface area contributed by atoms with E-state index >= 15 is 0 Å². The Balaban J connectivity index is 2.06. The topological polar surface area (TPSA) is 50.4 Å². The molecule has 4 nitrogen and oxygen atoms in total. The second kappa shape index (κ2) is 6.76. The van der Waals surface area contributed by atoms with Crippen LogP contribution in [0.25, 0.3) is 0 Å². The lowest BCUT2D eigenvalue weighted by Crippen LogP contribution is -2.51. The van der Waals surface area contributed by atoms with Crippen LogP contribution in [0.3, 0.4) is 0 Å². The number of benzene rings is 1. The van der Waals surface area contributed by atoms with Crippen molar-refractivity contribution < 1.29 is 18.3 Å². The molecule has 0 radical (unpaired) electrons. The molecule has 2 rings (SSSR count). The van der Waals surface area contributed by atoms with Crippen molar-refractivity contribution in [2.45, 2.75) is 25.4 Å². The lowest BCUT2D eigenvalue weighted by Gasteiger charge is -2.26. The van der Waals surface area contributed by atoms with Gasteiger partial charge >= 0.3 is 0 Å². The molecule has 1 aliphatic rings. The van der Waals surface area contributed by atoms with Crippen molar-refractivity contribution in [3.05, 3.63) is 35.4 Å². The first-order valence-electron chi connectivity index (χ1n) is 6.68. The van der Waals surface area contributed by atoms with Gasteiger partial charge in [-0.3, -0.25) is 4.79 Å². The molecule has 20 heavy (non-hydrogen) atoms. The lowest BCUT2D eigenvalue weighted by molar-refractivity contribution is -0.126. The monoisotopic (exact) mass is 284 g/mol. The normalized spacial score (nSPS) is 20.4. The van der Waals surface area contributed by atoms with Crippen molar-refractivity contribution in [3.63, 3.8) is 0 Å². The molecular formula is C14H18F2N2O2. The van der Waals surface area contributed by atoms with Crippen LogP contribution >= 0.6 is 0 Å². The maximum Gasteiger partial charge on any atom is 0.240 e. The summed E-state index contributed by atoms with van der Waals surface area (Å²) in [5, 5.41) is 5.80. The smallest absolute Gasteiger partial charge is 0.240 e. The third-order valence-corrected chi connectivity index (χ3v) is 3.30. The van der Waals surface area contributed by atoms with E-state index in [1.54, 1.807) is 0 Å². The molecule has 0 spiro atoms. The van der Waals surface area contributed by atoms with Gasteiger partial charge in [-0.15, -0.1) is 0 Å². The van der Waals surface area contributed by atoms with Crippen molar-refractivity contribution in [1.29, 1.82) is 0 Å². The van der Waals surface area contributed by atoms with Crippen molar-refractivity contribution >= 4 is 5.91 Å². The van der Waals surface area contributed by atoms with E-state index < -0.39 is 23.7 Å². The number of carbonyl (C=O) groups is 1. The summed E-state index contributed by atoms with van der Waals surface area (Å²) in [4.78, 5) is 12.1. The second-order valence-corrected chi connectivity index (χ2v) is 4.72. The van der Waals surface area contributed by atoms with Gasteiger partial charge < -0.3 is 15.4 Å². The molecule has 0 aliphatic carbocycles. The highest BCUT2D eigenvalue weighted by Gasteiger charge is 2.24. The summed E-state index contributed by atoms with van der Waals surface area (Å²) in [6.45, 7) is 3.32. The molecule has 110 valence electrons. The third kappa shape index (κ3) is 3.52. The Bertz CT molecular complexity index is 476. The van der Waals surface area contributed by atoms with E-state index in [1.165, 1.54) is 12.1 Å². The quantitative estimate of drug-likeness (QED) is 0.881. The van der Waals surface area contributed by atoms with Gasteiger partial charge in [0.2, 0.25) is 5.91 Å². The van der Waals surface area contributed by atoms with Gasteiger partial charge in [0.1, 0.15) is 17.7 Å². The fourth-order valence-corrected chi connectivity index (χ4v) is 2.19. The van der Waals surface area contributed by atoms with Gasteiger partial charge in [0, 0.05) is 18.2 Å². The third-order valence-electron chi connectivity index (χ3n) is 3.30. The van der Waals surface area contributed by atoms with Crippen LogP contribution in [0.2, 0.25) is 0 Å². The molecule has 2 N–H and O–H groups in total. The molecule has 0 bridgehead atoms.